The van der Waals surface area contributed by atoms with Crippen LogP contribution >= 0.6 is 0 Å². The van der Waals surface area contributed by atoms with Gasteiger partial charge in [-0.15, -0.1) is 0 Å². The van der Waals surface area contributed by atoms with Crippen molar-refractivity contribution < 1.29 is 9.59 Å². The summed E-state index contributed by atoms with van der Waals surface area (Å²) in [5.41, 5.74) is 3.04. The summed E-state index contributed by atoms with van der Waals surface area (Å²) >= 11 is 0. The van der Waals surface area contributed by atoms with Crippen LogP contribution in [0.3, 0.4) is 0 Å². The maximum atomic E-state index is 13.1. The van der Waals surface area contributed by atoms with Crippen LogP contribution in [0.5, 0.6) is 0 Å². The SMILES string of the molecule is CCCN(CC(=O)N(Cc1cccn1C)CC(C)C)C(=O)Nc1ccc(CC)cc1. The van der Waals surface area contributed by atoms with Crippen LogP contribution in [0.1, 0.15) is 45.4 Å². The molecule has 2 aromatic rings. The van der Waals surface area contributed by atoms with E-state index in [1.54, 1.807) is 4.90 Å². The monoisotopic (exact) mass is 412 g/mol. The van der Waals surface area contributed by atoms with Crippen LogP contribution in [-0.2, 0) is 24.8 Å². The molecule has 1 aromatic carbocycles. The lowest BCUT2D eigenvalue weighted by atomic mass is 10.1. The molecule has 1 N–H and O–H groups in total. The first-order valence-electron chi connectivity index (χ1n) is 10.9. The van der Waals surface area contributed by atoms with Crippen molar-refractivity contribution >= 4 is 17.6 Å². The van der Waals surface area contributed by atoms with E-state index < -0.39 is 0 Å². The molecule has 0 aliphatic heterocycles. The van der Waals surface area contributed by atoms with E-state index in [0.717, 1.165) is 24.2 Å². The third-order valence-corrected chi connectivity index (χ3v) is 5.06. The van der Waals surface area contributed by atoms with Gasteiger partial charge in [-0.3, -0.25) is 4.79 Å². The van der Waals surface area contributed by atoms with Crippen molar-refractivity contribution in [3.05, 3.63) is 53.9 Å². The summed E-state index contributed by atoms with van der Waals surface area (Å²) in [5.74, 6) is 0.314. The zero-order valence-electron chi connectivity index (χ0n) is 19.0. The molecule has 164 valence electrons. The number of aromatic nitrogens is 1. The Balaban J connectivity index is 2.07. The van der Waals surface area contributed by atoms with Gasteiger partial charge in [-0.2, -0.15) is 0 Å². The number of rotatable bonds is 10. The number of benzene rings is 1. The summed E-state index contributed by atoms with van der Waals surface area (Å²) in [6.07, 6.45) is 3.73. The molecule has 1 heterocycles. The molecule has 6 nitrogen and oxygen atoms in total. The molecule has 6 heteroatoms. The fourth-order valence-corrected chi connectivity index (χ4v) is 3.36. The van der Waals surface area contributed by atoms with Crippen LogP contribution < -0.4 is 5.32 Å². The number of urea groups is 1. The van der Waals surface area contributed by atoms with E-state index in [1.165, 1.54) is 5.56 Å². The van der Waals surface area contributed by atoms with Crippen LogP contribution in [0.4, 0.5) is 10.5 Å². The number of hydrogen-bond acceptors (Lipinski definition) is 2. The Morgan fingerprint density at radius 1 is 1.07 bits per heavy atom. The first-order valence-corrected chi connectivity index (χ1v) is 10.9. The van der Waals surface area contributed by atoms with Crippen molar-refractivity contribution in [2.24, 2.45) is 13.0 Å². The number of anilines is 1. The van der Waals surface area contributed by atoms with E-state index in [9.17, 15) is 9.59 Å². The summed E-state index contributed by atoms with van der Waals surface area (Å²) in [6.45, 7) is 10.1. The number of nitrogens with one attached hydrogen (secondary N) is 1. The lowest BCUT2D eigenvalue weighted by Gasteiger charge is -2.29. The number of carbonyl (C=O) groups is 2. The van der Waals surface area contributed by atoms with E-state index in [1.807, 2.05) is 66.0 Å². The van der Waals surface area contributed by atoms with Gasteiger partial charge in [0.15, 0.2) is 0 Å². The summed E-state index contributed by atoms with van der Waals surface area (Å²) < 4.78 is 2.02. The molecule has 0 saturated carbocycles. The van der Waals surface area contributed by atoms with Crippen LogP contribution in [0.15, 0.2) is 42.6 Å². The molecule has 0 atom stereocenters. The van der Waals surface area contributed by atoms with E-state index in [2.05, 4.69) is 26.1 Å². The molecule has 2 rings (SSSR count). The Hall–Kier alpha value is -2.76. The highest BCUT2D eigenvalue weighted by molar-refractivity contribution is 5.92. The lowest BCUT2D eigenvalue weighted by Crippen LogP contribution is -2.45. The predicted octanol–water partition coefficient (Wildman–Crippen LogP) is 4.52. The van der Waals surface area contributed by atoms with Crippen LogP contribution in [0.25, 0.3) is 0 Å². The van der Waals surface area contributed by atoms with Gasteiger partial charge in [0.05, 0.1) is 6.54 Å². The van der Waals surface area contributed by atoms with Gasteiger partial charge < -0.3 is 19.7 Å². The minimum absolute atomic E-state index is 0.0326. The Labute approximate surface area is 180 Å². The standard InChI is InChI=1S/C24H36N4O2/c1-6-14-27(24(30)25-21-12-10-20(7-2)11-13-21)18-23(29)28(16-19(3)4)17-22-9-8-15-26(22)5/h8-13,15,19H,6-7,14,16-18H2,1-5H3,(H,25,30). The van der Waals surface area contributed by atoms with Gasteiger partial charge in [0.25, 0.3) is 0 Å². The highest BCUT2D eigenvalue weighted by Crippen LogP contribution is 2.13. The first-order chi connectivity index (χ1) is 14.3. The van der Waals surface area contributed by atoms with Crippen molar-refractivity contribution in [3.63, 3.8) is 0 Å². The number of nitrogens with zero attached hydrogens (tertiary/aromatic N) is 3. The molecule has 0 saturated heterocycles. The van der Waals surface area contributed by atoms with Crippen LogP contribution in [-0.4, -0.2) is 45.9 Å². The Morgan fingerprint density at radius 2 is 1.77 bits per heavy atom. The van der Waals surface area contributed by atoms with E-state index in [-0.39, 0.29) is 18.5 Å². The number of amides is 3. The Kier molecular flexibility index (Phi) is 8.96. The van der Waals surface area contributed by atoms with E-state index in [4.69, 9.17) is 0 Å². The molecule has 0 spiro atoms. The highest BCUT2D eigenvalue weighted by atomic mass is 16.2. The molecule has 0 aliphatic carbocycles. The number of carbonyl (C=O) groups excluding carboxylic acids is 2. The fraction of sp³-hybridized carbons (Fsp3) is 0.500. The van der Waals surface area contributed by atoms with E-state index >= 15 is 0 Å². The molecule has 30 heavy (non-hydrogen) atoms. The molecule has 0 bridgehead atoms. The largest absolute Gasteiger partial charge is 0.353 e. The third-order valence-electron chi connectivity index (χ3n) is 5.06. The van der Waals surface area contributed by atoms with Gasteiger partial charge in [-0.25, -0.2) is 4.79 Å². The maximum Gasteiger partial charge on any atom is 0.322 e. The zero-order valence-corrected chi connectivity index (χ0v) is 19.0. The average molecular weight is 413 g/mol. The summed E-state index contributed by atoms with van der Waals surface area (Å²) in [6, 6.07) is 11.6. The van der Waals surface area contributed by atoms with Gasteiger partial charge in [0.2, 0.25) is 5.91 Å². The number of aryl methyl sites for hydroxylation is 2. The minimum atomic E-state index is -0.238. The summed E-state index contributed by atoms with van der Waals surface area (Å²) in [5, 5.41) is 2.93. The molecule has 1 aromatic heterocycles. The van der Waals surface area contributed by atoms with Gasteiger partial charge in [0.1, 0.15) is 6.54 Å². The zero-order chi connectivity index (χ0) is 22.1. The fourth-order valence-electron chi connectivity index (χ4n) is 3.36. The minimum Gasteiger partial charge on any atom is -0.353 e. The van der Waals surface area contributed by atoms with Crippen molar-refractivity contribution in [3.8, 4) is 0 Å². The molecule has 0 fully saturated rings. The second kappa shape index (κ2) is 11.4. The molecule has 0 unspecified atom stereocenters. The van der Waals surface area contributed by atoms with Crippen LogP contribution in [0, 0.1) is 5.92 Å². The van der Waals surface area contributed by atoms with Gasteiger partial charge in [0, 0.05) is 37.7 Å². The molecule has 0 radical (unpaired) electrons. The van der Waals surface area contributed by atoms with Gasteiger partial charge >= 0.3 is 6.03 Å². The van der Waals surface area contributed by atoms with Crippen molar-refractivity contribution in [1.82, 2.24) is 14.4 Å². The normalized spacial score (nSPS) is 10.9. The third kappa shape index (κ3) is 6.94. The molecular formula is C24H36N4O2. The first kappa shape index (κ1) is 23.5. The van der Waals surface area contributed by atoms with Gasteiger partial charge in [-0.1, -0.05) is 39.8 Å². The van der Waals surface area contributed by atoms with E-state index in [0.29, 0.717) is 25.6 Å². The molecular weight excluding hydrogens is 376 g/mol. The van der Waals surface area contributed by atoms with Gasteiger partial charge in [-0.05, 0) is 48.6 Å². The summed E-state index contributed by atoms with van der Waals surface area (Å²) in [4.78, 5) is 29.4. The molecule has 0 aliphatic rings. The molecule has 3 amide bonds. The van der Waals surface area contributed by atoms with Crippen LogP contribution in [0.2, 0.25) is 0 Å². The highest BCUT2D eigenvalue weighted by Gasteiger charge is 2.22. The number of hydrogen-bond donors (Lipinski definition) is 1. The second-order valence-electron chi connectivity index (χ2n) is 8.18. The Bertz CT molecular complexity index is 811. The topological polar surface area (TPSA) is 57.6 Å². The smallest absolute Gasteiger partial charge is 0.322 e. The van der Waals surface area contributed by atoms with Crippen molar-refractivity contribution in [2.75, 3.05) is 25.0 Å². The average Bonchev–Trinajstić information content (AvgIpc) is 3.11. The van der Waals surface area contributed by atoms with Crippen molar-refractivity contribution in [1.29, 1.82) is 0 Å². The van der Waals surface area contributed by atoms with Crippen molar-refractivity contribution in [2.45, 2.75) is 47.1 Å². The predicted molar refractivity (Wildman–Crippen MR) is 122 cm³/mol. The summed E-state index contributed by atoms with van der Waals surface area (Å²) in [7, 11) is 1.98. The lowest BCUT2D eigenvalue weighted by molar-refractivity contribution is -0.133. The Morgan fingerprint density at radius 3 is 2.30 bits per heavy atom. The maximum absolute atomic E-state index is 13.1. The quantitative estimate of drug-likeness (QED) is 0.624. The second-order valence-corrected chi connectivity index (χ2v) is 8.18.